The fraction of sp³-hybridized carbons (Fsp3) is 0.389. The Morgan fingerprint density at radius 2 is 2.12 bits per heavy atom. The average Bonchev–Trinajstić information content (AvgIpc) is 3.19. The van der Waals surface area contributed by atoms with Gasteiger partial charge in [0.2, 0.25) is 11.8 Å². The van der Waals surface area contributed by atoms with Gasteiger partial charge in [-0.1, -0.05) is 18.2 Å². The lowest BCUT2D eigenvalue weighted by Gasteiger charge is -2.19. The van der Waals surface area contributed by atoms with E-state index >= 15 is 0 Å². The zero-order chi connectivity index (χ0) is 18.7. The second kappa shape index (κ2) is 7.17. The third-order valence-electron chi connectivity index (χ3n) is 3.70. The third kappa shape index (κ3) is 4.40. The molecule has 0 spiro atoms. The van der Waals surface area contributed by atoms with Gasteiger partial charge in [-0.25, -0.2) is 4.79 Å². The molecule has 26 heavy (non-hydrogen) atoms. The Hall–Kier alpha value is -2.87. The van der Waals surface area contributed by atoms with Gasteiger partial charge in [-0.3, -0.25) is 0 Å². The zero-order valence-electron chi connectivity index (χ0n) is 15.1. The molecule has 1 atom stereocenters. The first kappa shape index (κ1) is 17.9. The molecule has 0 aliphatic heterocycles. The Bertz CT molecular complexity index is 894. The molecule has 3 rings (SSSR count). The van der Waals surface area contributed by atoms with E-state index in [1.165, 1.54) is 0 Å². The normalized spacial score (nSPS) is 12.9. The molecule has 0 saturated heterocycles. The summed E-state index contributed by atoms with van der Waals surface area (Å²) >= 11 is 0. The number of hydrogen-bond donors (Lipinski definition) is 3. The van der Waals surface area contributed by atoms with Gasteiger partial charge in [0.1, 0.15) is 5.60 Å². The van der Waals surface area contributed by atoms with Crippen molar-refractivity contribution in [2.45, 2.75) is 45.4 Å². The number of fused-ring (bicyclic) bond motifs is 1. The standard InChI is InChI=1S/C18H23N5O3/c1-18(2,3)26-17(24)21-10-15-22-23-16(25-15)13(19)8-11-9-20-14-7-5-4-6-12(11)14/h4-7,9,13,20H,8,10,19H2,1-3H3,(H,21,24)/t13-/m0/s1. The van der Waals surface area contributed by atoms with Crippen molar-refractivity contribution in [2.24, 2.45) is 5.73 Å². The van der Waals surface area contributed by atoms with Crippen LogP contribution in [0, 0.1) is 0 Å². The molecule has 0 bridgehead atoms. The van der Waals surface area contributed by atoms with Crippen LogP contribution in [0.3, 0.4) is 0 Å². The predicted molar refractivity (Wildman–Crippen MR) is 96.3 cm³/mol. The molecule has 0 fully saturated rings. The molecular formula is C18H23N5O3. The number of hydrogen-bond acceptors (Lipinski definition) is 6. The van der Waals surface area contributed by atoms with Crippen LogP contribution in [0.25, 0.3) is 10.9 Å². The summed E-state index contributed by atoms with van der Waals surface area (Å²) in [5, 5.41) is 11.6. The lowest BCUT2D eigenvalue weighted by molar-refractivity contribution is 0.0518. The number of rotatable bonds is 5. The number of amides is 1. The highest BCUT2D eigenvalue weighted by molar-refractivity contribution is 5.83. The lowest BCUT2D eigenvalue weighted by atomic mass is 10.1. The van der Waals surface area contributed by atoms with Crippen LogP contribution < -0.4 is 11.1 Å². The zero-order valence-corrected chi connectivity index (χ0v) is 15.1. The Kier molecular flexibility index (Phi) is 4.94. The Balaban J connectivity index is 1.59. The molecule has 2 aromatic heterocycles. The van der Waals surface area contributed by atoms with Crippen molar-refractivity contribution in [3.05, 3.63) is 47.8 Å². The van der Waals surface area contributed by atoms with Crippen molar-refractivity contribution < 1.29 is 13.9 Å². The summed E-state index contributed by atoms with van der Waals surface area (Å²) in [6, 6.07) is 7.58. The number of alkyl carbamates (subject to hydrolysis) is 1. The smallest absolute Gasteiger partial charge is 0.408 e. The highest BCUT2D eigenvalue weighted by Crippen LogP contribution is 2.22. The molecule has 0 aliphatic rings. The number of aromatic nitrogens is 3. The van der Waals surface area contributed by atoms with Crippen molar-refractivity contribution >= 4 is 17.0 Å². The first-order valence-corrected chi connectivity index (χ1v) is 8.41. The Morgan fingerprint density at radius 1 is 1.35 bits per heavy atom. The topological polar surface area (TPSA) is 119 Å². The summed E-state index contributed by atoms with van der Waals surface area (Å²) in [7, 11) is 0. The number of aromatic amines is 1. The molecule has 0 saturated carbocycles. The lowest BCUT2D eigenvalue weighted by Crippen LogP contribution is -2.32. The SMILES string of the molecule is CC(C)(C)OC(=O)NCc1nnc([C@@H](N)Cc2c[nH]c3ccccc23)o1. The molecular weight excluding hydrogens is 334 g/mol. The van der Waals surface area contributed by atoms with Crippen LogP contribution in [0.5, 0.6) is 0 Å². The van der Waals surface area contributed by atoms with E-state index in [1.54, 1.807) is 20.8 Å². The van der Waals surface area contributed by atoms with Gasteiger partial charge in [0.15, 0.2) is 0 Å². The second-order valence-corrected chi connectivity index (χ2v) is 7.06. The summed E-state index contributed by atoms with van der Waals surface area (Å²) in [5.41, 5.74) is 7.78. The number of nitrogens with one attached hydrogen (secondary N) is 2. The van der Waals surface area contributed by atoms with E-state index in [2.05, 4.69) is 20.5 Å². The molecule has 1 aromatic carbocycles. The molecule has 0 unspecified atom stereocenters. The maximum atomic E-state index is 11.7. The maximum absolute atomic E-state index is 11.7. The first-order chi connectivity index (χ1) is 12.3. The Labute approximate surface area is 151 Å². The van der Waals surface area contributed by atoms with Gasteiger partial charge in [0, 0.05) is 17.1 Å². The van der Waals surface area contributed by atoms with E-state index in [-0.39, 0.29) is 12.4 Å². The van der Waals surface area contributed by atoms with Gasteiger partial charge in [-0.15, -0.1) is 10.2 Å². The number of nitrogens with two attached hydrogens (primary N) is 1. The second-order valence-electron chi connectivity index (χ2n) is 7.06. The van der Waals surface area contributed by atoms with E-state index in [4.69, 9.17) is 14.9 Å². The van der Waals surface area contributed by atoms with Crippen LogP contribution in [0.1, 0.15) is 44.2 Å². The summed E-state index contributed by atoms with van der Waals surface area (Å²) in [6.07, 6.45) is 1.96. The molecule has 1 amide bonds. The molecule has 0 radical (unpaired) electrons. The quantitative estimate of drug-likeness (QED) is 0.646. The van der Waals surface area contributed by atoms with E-state index in [0.29, 0.717) is 12.3 Å². The van der Waals surface area contributed by atoms with Gasteiger partial charge in [-0.2, -0.15) is 0 Å². The number of benzene rings is 1. The number of H-pyrrole nitrogens is 1. The molecule has 8 heteroatoms. The van der Waals surface area contributed by atoms with Crippen LogP contribution in [0.2, 0.25) is 0 Å². The summed E-state index contributed by atoms with van der Waals surface area (Å²) < 4.78 is 10.7. The van der Waals surface area contributed by atoms with Crippen molar-refractivity contribution in [2.75, 3.05) is 0 Å². The minimum Gasteiger partial charge on any atom is -0.444 e. The van der Waals surface area contributed by atoms with Gasteiger partial charge >= 0.3 is 6.09 Å². The van der Waals surface area contributed by atoms with Gasteiger partial charge < -0.3 is 25.2 Å². The van der Waals surface area contributed by atoms with Crippen LogP contribution in [0.4, 0.5) is 4.79 Å². The van der Waals surface area contributed by atoms with Crippen LogP contribution in [-0.2, 0) is 17.7 Å². The highest BCUT2D eigenvalue weighted by Gasteiger charge is 2.19. The minimum absolute atomic E-state index is 0.0850. The fourth-order valence-corrected chi connectivity index (χ4v) is 2.57. The molecule has 3 aromatic rings. The predicted octanol–water partition coefficient (Wildman–Crippen LogP) is 2.82. The van der Waals surface area contributed by atoms with Crippen molar-refractivity contribution in [1.82, 2.24) is 20.5 Å². The van der Waals surface area contributed by atoms with Crippen LogP contribution in [-0.4, -0.2) is 26.9 Å². The summed E-state index contributed by atoms with van der Waals surface area (Å²) in [6.45, 7) is 5.46. The average molecular weight is 357 g/mol. The van der Waals surface area contributed by atoms with E-state index in [1.807, 2.05) is 30.5 Å². The van der Waals surface area contributed by atoms with E-state index in [0.717, 1.165) is 16.5 Å². The Morgan fingerprint density at radius 3 is 2.88 bits per heavy atom. The minimum atomic E-state index is -0.564. The van der Waals surface area contributed by atoms with Gasteiger partial charge in [-0.05, 0) is 38.8 Å². The van der Waals surface area contributed by atoms with Crippen LogP contribution in [0.15, 0.2) is 34.9 Å². The molecule has 138 valence electrons. The first-order valence-electron chi connectivity index (χ1n) is 8.41. The van der Waals surface area contributed by atoms with Crippen molar-refractivity contribution in [3.63, 3.8) is 0 Å². The number of ether oxygens (including phenoxy) is 1. The number of nitrogens with zero attached hydrogens (tertiary/aromatic N) is 2. The van der Waals surface area contributed by atoms with Crippen molar-refractivity contribution in [1.29, 1.82) is 0 Å². The van der Waals surface area contributed by atoms with E-state index < -0.39 is 17.7 Å². The van der Waals surface area contributed by atoms with Gasteiger partial charge in [0.25, 0.3) is 0 Å². The molecule has 0 aliphatic carbocycles. The summed E-state index contributed by atoms with van der Waals surface area (Å²) in [4.78, 5) is 14.9. The molecule has 8 nitrogen and oxygen atoms in total. The number of para-hydroxylation sites is 1. The van der Waals surface area contributed by atoms with Crippen LogP contribution >= 0.6 is 0 Å². The fourth-order valence-electron chi connectivity index (χ4n) is 2.57. The van der Waals surface area contributed by atoms with Gasteiger partial charge in [0.05, 0.1) is 12.6 Å². The third-order valence-corrected chi connectivity index (χ3v) is 3.70. The monoisotopic (exact) mass is 357 g/mol. The molecule has 4 N–H and O–H groups in total. The number of carbonyl (C=O) groups excluding carboxylic acids is 1. The highest BCUT2D eigenvalue weighted by atomic mass is 16.6. The summed E-state index contributed by atoms with van der Waals surface area (Å²) in [5.74, 6) is 0.608. The largest absolute Gasteiger partial charge is 0.444 e. The molecule has 2 heterocycles. The number of carbonyl (C=O) groups is 1. The van der Waals surface area contributed by atoms with E-state index in [9.17, 15) is 4.79 Å². The van der Waals surface area contributed by atoms with Crippen molar-refractivity contribution in [3.8, 4) is 0 Å². The maximum Gasteiger partial charge on any atom is 0.408 e.